The van der Waals surface area contributed by atoms with Gasteiger partial charge in [-0.1, -0.05) is 12.1 Å². The number of rotatable bonds is 2. The number of hydrogen-bond acceptors (Lipinski definition) is 3. The van der Waals surface area contributed by atoms with Crippen LogP contribution in [0.1, 0.15) is 6.42 Å². The van der Waals surface area contributed by atoms with E-state index in [9.17, 15) is 4.79 Å². The average molecular weight is 208 g/mol. The third kappa shape index (κ3) is 1.76. The molecule has 0 saturated heterocycles. The van der Waals surface area contributed by atoms with Crippen molar-refractivity contribution in [1.29, 1.82) is 0 Å². The minimum Gasteiger partial charge on any atom is -0.330 e. The van der Waals surface area contributed by atoms with Crippen molar-refractivity contribution < 1.29 is 4.79 Å². The van der Waals surface area contributed by atoms with E-state index in [2.05, 4.69) is 5.32 Å². The number of anilines is 1. The molecule has 4 heteroatoms. The summed E-state index contributed by atoms with van der Waals surface area (Å²) in [5.41, 5.74) is 6.36. The second-order valence-corrected chi connectivity index (χ2v) is 4.41. The number of thioether (sulfide) groups is 1. The van der Waals surface area contributed by atoms with Crippen molar-refractivity contribution in [3.05, 3.63) is 24.3 Å². The number of carbonyl (C=O) groups is 1. The third-order valence-electron chi connectivity index (χ3n) is 2.14. The minimum absolute atomic E-state index is 0.0325. The van der Waals surface area contributed by atoms with Gasteiger partial charge in [0.1, 0.15) is 0 Å². The van der Waals surface area contributed by atoms with Crippen LogP contribution >= 0.6 is 11.8 Å². The standard InChI is InChI=1S/C10H12N2OS/c11-6-5-9-10(13)12-7-3-1-2-4-8(7)14-9/h1-4,9H,5-6,11H2,(H,12,13). The van der Waals surface area contributed by atoms with Crippen LogP contribution in [0.2, 0.25) is 0 Å². The van der Waals surface area contributed by atoms with E-state index in [0.29, 0.717) is 6.54 Å². The first-order valence-corrected chi connectivity index (χ1v) is 5.46. The lowest BCUT2D eigenvalue weighted by Gasteiger charge is -2.23. The van der Waals surface area contributed by atoms with Crippen molar-refractivity contribution in [2.75, 3.05) is 11.9 Å². The Hall–Kier alpha value is -1.00. The SMILES string of the molecule is NCCC1Sc2ccccc2NC1=O. The Morgan fingerprint density at radius 1 is 1.43 bits per heavy atom. The van der Waals surface area contributed by atoms with Gasteiger partial charge in [-0.2, -0.15) is 0 Å². The molecule has 2 rings (SSSR count). The number of nitrogens with two attached hydrogens (primary N) is 1. The molecular formula is C10H12N2OS. The lowest BCUT2D eigenvalue weighted by molar-refractivity contribution is -0.115. The second kappa shape index (κ2) is 4.02. The van der Waals surface area contributed by atoms with E-state index in [1.54, 1.807) is 11.8 Å². The van der Waals surface area contributed by atoms with Crippen LogP contribution in [0, 0.1) is 0 Å². The second-order valence-electron chi connectivity index (χ2n) is 3.17. The highest BCUT2D eigenvalue weighted by atomic mass is 32.2. The Kier molecular flexibility index (Phi) is 2.74. The maximum absolute atomic E-state index is 11.6. The fourth-order valence-corrected chi connectivity index (χ4v) is 2.56. The highest BCUT2D eigenvalue weighted by Gasteiger charge is 2.25. The van der Waals surface area contributed by atoms with Gasteiger partial charge in [0.25, 0.3) is 0 Å². The van der Waals surface area contributed by atoms with Crippen LogP contribution in [0.15, 0.2) is 29.2 Å². The van der Waals surface area contributed by atoms with E-state index < -0.39 is 0 Å². The first-order chi connectivity index (χ1) is 6.81. The fraction of sp³-hybridized carbons (Fsp3) is 0.300. The summed E-state index contributed by atoms with van der Waals surface area (Å²) in [5.74, 6) is 0.0687. The molecule has 0 radical (unpaired) electrons. The third-order valence-corrected chi connectivity index (χ3v) is 3.48. The molecule has 1 aliphatic heterocycles. The molecule has 3 N–H and O–H groups in total. The summed E-state index contributed by atoms with van der Waals surface area (Å²) in [4.78, 5) is 12.7. The molecule has 0 fully saturated rings. The minimum atomic E-state index is -0.0325. The topological polar surface area (TPSA) is 55.1 Å². The van der Waals surface area contributed by atoms with Crippen LogP contribution in [0.25, 0.3) is 0 Å². The van der Waals surface area contributed by atoms with Gasteiger partial charge in [-0.15, -0.1) is 11.8 Å². The molecule has 1 aromatic carbocycles. The molecule has 1 aromatic rings. The summed E-state index contributed by atoms with van der Waals surface area (Å²) in [7, 11) is 0. The lowest BCUT2D eigenvalue weighted by atomic mass is 10.2. The van der Waals surface area contributed by atoms with Crippen molar-refractivity contribution in [3.63, 3.8) is 0 Å². The monoisotopic (exact) mass is 208 g/mol. The van der Waals surface area contributed by atoms with Gasteiger partial charge in [0.15, 0.2) is 0 Å². The first kappa shape index (κ1) is 9.55. The lowest BCUT2D eigenvalue weighted by Crippen LogP contribution is -2.30. The van der Waals surface area contributed by atoms with Gasteiger partial charge in [0.05, 0.1) is 10.9 Å². The van der Waals surface area contributed by atoms with Gasteiger partial charge in [-0.05, 0) is 25.1 Å². The number of hydrogen-bond donors (Lipinski definition) is 2. The summed E-state index contributed by atoms with van der Waals surface area (Å²) < 4.78 is 0. The molecule has 0 bridgehead atoms. The molecule has 0 saturated carbocycles. The molecule has 3 nitrogen and oxygen atoms in total. The summed E-state index contributed by atoms with van der Waals surface area (Å²) in [6.07, 6.45) is 0.727. The Labute approximate surface area is 87.1 Å². The zero-order valence-electron chi connectivity index (χ0n) is 7.69. The first-order valence-electron chi connectivity index (χ1n) is 4.58. The van der Waals surface area contributed by atoms with Crippen LogP contribution in [-0.4, -0.2) is 17.7 Å². The fourth-order valence-electron chi connectivity index (χ4n) is 1.43. The number of benzene rings is 1. The van der Waals surface area contributed by atoms with E-state index in [1.807, 2.05) is 24.3 Å². The molecular weight excluding hydrogens is 196 g/mol. The number of fused-ring (bicyclic) bond motifs is 1. The molecule has 74 valence electrons. The summed E-state index contributed by atoms with van der Waals surface area (Å²) >= 11 is 1.60. The predicted molar refractivity (Wildman–Crippen MR) is 58.4 cm³/mol. The smallest absolute Gasteiger partial charge is 0.237 e. The van der Waals surface area contributed by atoms with Crippen molar-refractivity contribution >= 4 is 23.4 Å². The van der Waals surface area contributed by atoms with E-state index in [-0.39, 0.29) is 11.2 Å². The molecule has 1 atom stereocenters. The van der Waals surface area contributed by atoms with Gasteiger partial charge in [0, 0.05) is 4.90 Å². The maximum Gasteiger partial charge on any atom is 0.237 e. The molecule has 1 aliphatic rings. The zero-order chi connectivity index (χ0) is 9.97. The van der Waals surface area contributed by atoms with Crippen molar-refractivity contribution in [2.45, 2.75) is 16.6 Å². The summed E-state index contributed by atoms with van der Waals surface area (Å²) in [5, 5.41) is 2.85. The summed E-state index contributed by atoms with van der Waals surface area (Å²) in [6.45, 7) is 0.549. The van der Waals surface area contributed by atoms with E-state index in [1.165, 1.54) is 0 Å². The zero-order valence-corrected chi connectivity index (χ0v) is 8.51. The van der Waals surface area contributed by atoms with Crippen LogP contribution in [0.4, 0.5) is 5.69 Å². The Bertz CT molecular complexity index is 354. The molecule has 1 heterocycles. The average Bonchev–Trinajstić information content (AvgIpc) is 2.19. The van der Waals surface area contributed by atoms with Gasteiger partial charge in [-0.25, -0.2) is 0 Å². The highest BCUT2D eigenvalue weighted by Crippen LogP contribution is 2.36. The molecule has 0 aliphatic carbocycles. The molecule has 0 spiro atoms. The largest absolute Gasteiger partial charge is 0.330 e. The van der Waals surface area contributed by atoms with Gasteiger partial charge in [0.2, 0.25) is 5.91 Å². The predicted octanol–water partition coefficient (Wildman–Crippen LogP) is 1.45. The van der Waals surface area contributed by atoms with E-state index in [0.717, 1.165) is 17.0 Å². The van der Waals surface area contributed by atoms with Crippen LogP contribution in [-0.2, 0) is 4.79 Å². The maximum atomic E-state index is 11.6. The summed E-state index contributed by atoms with van der Waals surface area (Å²) in [6, 6.07) is 7.83. The van der Waals surface area contributed by atoms with Gasteiger partial charge in [-0.3, -0.25) is 4.79 Å². The van der Waals surface area contributed by atoms with Gasteiger partial charge >= 0.3 is 0 Å². The van der Waals surface area contributed by atoms with E-state index in [4.69, 9.17) is 5.73 Å². The van der Waals surface area contributed by atoms with Crippen LogP contribution < -0.4 is 11.1 Å². The molecule has 0 aromatic heterocycles. The number of amides is 1. The Morgan fingerprint density at radius 2 is 2.21 bits per heavy atom. The molecule has 14 heavy (non-hydrogen) atoms. The molecule has 1 amide bonds. The van der Waals surface area contributed by atoms with Crippen LogP contribution in [0.5, 0.6) is 0 Å². The van der Waals surface area contributed by atoms with Crippen molar-refractivity contribution in [2.24, 2.45) is 5.73 Å². The Morgan fingerprint density at radius 3 is 3.00 bits per heavy atom. The quantitative estimate of drug-likeness (QED) is 0.773. The Balaban J connectivity index is 2.22. The van der Waals surface area contributed by atoms with E-state index >= 15 is 0 Å². The number of carbonyl (C=O) groups excluding carboxylic acids is 1. The van der Waals surface area contributed by atoms with Crippen molar-refractivity contribution in [1.82, 2.24) is 0 Å². The number of nitrogens with one attached hydrogen (secondary N) is 1. The normalized spacial score (nSPS) is 20.1. The number of para-hydroxylation sites is 1. The van der Waals surface area contributed by atoms with Crippen LogP contribution in [0.3, 0.4) is 0 Å². The highest BCUT2D eigenvalue weighted by molar-refractivity contribution is 8.01. The van der Waals surface area contributed by atoms with Crippen molar-refractivity contribution in [3.8, 4) is 0 Å². The molecule has 1 unspecified atom stereocenters. The van der Waals surface area contributed by atoms with Gasteiger partial charge < -0.3 is 11.1 Å².